The number of pyridine rings is 2. The van der Waals surface area contributed by atoms with Gasteiger partial charge >= 0.3 is 0 Å². The molecule has 7 aromatic heterocycles. The number of hydrogen-bond donors (Lipinski definition) is 4. The molecule has 0 spiro atoms. The summed E-state index contributed by atoms with van der Waals surface area (Å²) >= 11 is 0. The predicted molar refractivity (Wildman–Crippen MR) is 362 cm³/mol. The molecule has 1 aliphatic carbocycles. The molecule has 0 saturated heterocycles. The van der Waals surface area contributed by atoms with Crippen LogP contribution in [0.1, 0.15) is 177 Å². The van der Waals surface area contributed by atoms with Gasteiger partial charge in [0, 0.05) is 111 Å². The van der Waals surface area contributed by atoms with Gasteiger partial charge in [0.1, 0.15) is 0 Å². The van der Waals surface area contributed by atoms with Gasteiger partial charge in [-0.1, -0.05) is 206 Å². The van der Waals surface area contributed by atoms with Crippen molar-refractivity contribution in [2.45, 2.75) is 152 Å². The number of hydrazone groups is 1. The second kappa shape index (κ2) is 29.9. The molecule has 0 amide bonds. The van der Waals surface area contributed by atoms with Gasteiger partial charge in [0.05, 0.1) is 17.8 Å². The van der Waals surface area contributed by atoms with Crippen molar-refractivity contribution in [3.8, 4) is 0 Å². The van der Waals surface area contributed by atoms with Crippen molar-refractivity contribution in [2.75, 3.05) is 0 Å². The van der Waals surface area contributed by atoms with Crippen LogP contribution in [0.2, 0.25) is 0 Å². The summed E-state index contributed by atoms with van der Waals surface area (Å²) in [5.41, 5.74) is 21.7. The molecule has 0 fully saturated rings. The van der Waals surface area contributed by atoms with Crippen molar-refractivity contribution < 1.29 is 0 Å². The first-order valence-electron chi connectivity index (χ1n) is 30.5. The number of aromatic nitrogens is 7. The highest BCUT2D eigenvalue weighted by Gasteiger charge is 2.30. The van der Waals surface area contributed by atoms with Crippen molar-refractivity contribution >= 4 is 54.8 Å². The van der Waals surface area contributed by atoms with Crippen LogP contribution in [-0.4, -0.2) is 45.9 Å². The Hall–Kier alpha value is -8.17. The molecule has 9 heteroatoms. The highest BCUT2D eigenvalue weighted by Crippen LogP contribution is 2.31. The first-order chi connectivity index (χ1) is 40.3. The summed E-state index contributed by atoms with van der Waals surface area (Å²) in [6.07, 6.45) is 22.7. The number of aromatic amines is 3. The SMILES string of the molecule is CC(C)C1=NNC2C=CC=CC12.CC(C)c1c[nH]c2ccccc12.CC(C)c1cccnc1.CC(C)c1cn(C)c2ccccc12.CC(C)c1cnn2ccccc12.Cc1[nH]c2ccccc2c1C(C)C.Cc1cccc2c(C(C)C)c[nH]c12. The number of allylic oxidation sites excluding steroid dienone is 2. The average molecular weight is 1120 g/mol. The minimum absolute atomic E-state index is 0.410. The lowest BCUT2D eigenvalue weighted by molar-refractivity contribution is 0.616. The zero-order valence-corrected chi connectivity index (χ0v) is 53.3. The summed E-state index contributed by atoms with van der Waals surface area (Å²) in [4.78, 5) is 14.0. The Morgan fingerprint density at radius 2 is 1.08 bits per heavy atom. The fraction of sp³-hybridized carbons (Fsp3) is 0.347. The molecule has 8 heterocycles. The van der Waals surface area contributed by atoms with Crippen LogP contribution in [0.15, 0.2) is 194 Å². The molecule has 2 unspecified atom stereocenters. The van der Waals surface area contributed by atoms with Gasteiger partial charge in [-0.15, -0.1) is 0 Å². The van der Waals surface area contributed by atoms with Crippen LogP contribution in [0.5, 0.6) is 0 Å². The van der Waals surface area contributed by atoms with E-state index in [1.807, 2.05) is 41.3 Å². The van der Waals surface area contributed by atoms with E-state index in [1.54, 1.807) is 6.20 Å². The van der Waals surface area contributed by atoms with Gasteiger partial charge in [-0.3, -0.25) is 4.98 Å². The van der Waals surface area contributed by atoms with E-state index in [2.05, 4.69) is 304 Å². The lowest BCUT2D eigenvalue weighted by atomic mass is 9.87. The van der Waals surface area contributed by atoms with Gasteiger partial charge in [0.2, 0.25) is 0 Å². The van der Waals surface area contributed by atoms with Crippen LogP contribution in [0.4, 0.5) is 0 Å². The molecular weight excluding hydrogens is 1030 g/mol. The molecule has 4 N–H and O–H groups in total. The summed E-state index contributed by atoms with van der Waals surface area (Å²) in [5, 5.41) is 14.1. The molecule has 9 nitrogen and oxygen atoms in total. The standard InChI is InChI=1S/3C12H15N.C11H13N.C10H12N2.C10H14N2.C8H11N/c1-8(2)11-7-13-12-9(3)5-4-6-10(11)12;1-9(2)11-8-13(3)12-7-5-4-6-10(11)12;1-8(2)12-9(3)13-11-7-5-4-6-10(11)12;1-8(2)10-7-12-11-6-4-3-5-9(10)11;1-8(2)9-7-11-12-6-4-3-5-10(9)12;1-7(2)10-8-5-3-4-6-9(8)11-12-10;1-7(2)8-4-3-5-9-6-8/h4-8,13H,1-3H3;4-9H,1-3H3;4-8,13H,1-3H3;3-8,12H,1-2H3;3-8H,1-2H3;3-9,11H,1-2H3;3-7H,1-2H3. The highest BCUT2D eigenvalue weighted by atomic mass is 15.3. The fourth-order valence-electron chi connectivity index (χ4n) is 11.1. The molecule has 13 rings (SSSR count). The van der Waals surface area contributed by atoms with Crippen LogP contribution in [0.3, 0.4) is 0 Å². The molecule has 0 saturated carbocycles. The number of nitrogens with one attached hydrogen (secondary N) is 4. The van der Waals surface area contributed by atoms with Crippen LogP contribution in [-0.2, 0) is 7.05 Å². The fourth-order valence-corrected chi connectivity index (χ4v) is 11.1. The molecule has 440 valence electrons. The van der Waals surface area contributed by atoms with Crippen LogP contribution < -0.4 is 5.43 Å². The van der Waals surface area contributed by atoms with Gasteiger partial charge in [-0.05, 0) is 125 Å². The van der Waals surface area contributed by atoms with Crippen molar-refractivity contribution in [2.24, 2.45) is 24.0 Å². The van der Waals surface area contributed by atoms with E-state index < -0.39 is 0 Å². The van der Waals surface area contributed by atoms with E-state index in [0.717, 1.165) is 0 Å². The minimum atomic E-state index is 0.410. The molecule has 11 aromatic rings. The maximum Gasteiger partial charge on any atom is 0.0739 e. The van der Waals surface area contributed by atoms with Gasteiger partial charge in [-0.2, -0.15) is 10.2 Å². The molecular formula is C75H95N9. The zero-order chi connectivity index (χ0) is 60.6. The zero-order valence-electron chi connectivity index (χ0n) is 53.3. The number of rotatable bonds is 7. The minimum Gasteiger partial charge on any atom is -0.361 e. The molecule has 0 bridgehead atoms. The highest BCUT2D eigenvalue weighted by molar-refractivity contribution is 5.92. The summed E-state index contributed by atoms with van der Waals surface area (Å²) in [6.45, 7) is 35.2. The van der Waals surface area contributed by atoms with E-state index >= 15 is 0 Å². The van der Waals surface area contributed by atoms with E-state index in [9.17, 15) is 0 Å². The van der Waals surface area contributed by atoms with Crippen molar-refractivity contribution in [1.29, 1.82) is 0 Å². The van der Waals surface area contributed by atoms with E-state index in [1.165, 1.54) is 99.5 Å². The number of hydrogen-bond acceptors (Lipinski definition) is 4. The van der Waals surface area contributed by atoms with Crippen molar-refractivity contribution in [1.82, 2.24) is 39.5 Å². The second-order valence-electron chi connectivity index (χ2n) is 24.4. The summed E-state index contributed by atoms with van der Waals surface area (Å²) in [5.74, 6) is 4.57. The number of fused-ring (bicyclic) bond motifs is 6. The third-order valence-corrected chi connectivity index (χ3v) is 15.7. The van der Waals surface area contributed by atoms with Crippen molar-refractivity contribution in [3.63, 3.8) is 0 Å². The number of H-pyrrole nitrogens is 3. The molecule has 1 aliphatic heterocycles. The third-order valence-electron chi connectivity index (χ3n) is 15.7. The van der Waals surface area contributed by atoms with E-state index in [-0.39, 0.29) is 0 Å². The first kappa shape index (κ1) is 63.4. The first-order valence-corrected chi connectivity index (χ1v) is 30.5. The lowest BCUT2D eigenvalue weighted by Crippen LogP contribution is -2.28. The van der Waals surface area contributed by atoms with Crippen LogP contribution >= 0.6 is 0 Å². The molecule has 84 heavy (non-hydrogen) atoms. The van der Waals surface area contributed by atoms with Gasteiger partial charge in [0.15, 0.2) is 0 Å². The Labute approximate surface area is 501 Å². The maximum absolute atomic E-state index is 4.34. The maximum atomic E-state index is 4.34. The van der Waals surface area contributed by atoms with Gasteiger partial charge in [0.25, 0.3) is 0 Å². The Morgan fingerprint density at radius 3 is 1.73 bits per heavy atom. The third kappa shape index (κ3) is 15.9. The van der Waals surface area contributed by atoms with Gasteiger partial charge < -0.3 is 24.9 Å². The number of para-hydroxylation sites is 4. The number of aryl methyl sites for hydroxylation is 3. The summed E-state index contributed by atoms with van der Waals surface area (Å²) in [7, 11) is 2.11. The monoisotopic (exact) mass is 1120 g/mol. The Bertz CT molecular complexity index is 3790. The Kier molecular flexibility index (Phi) is 22.6. The summed E-state index contributed by atoms with van der Waals surface area (Å²) in [6, 6.07) is 42.5. The topological polar surface area (TPSA) is 107 Å². The lowest BCUT2D eigenvalue weighted by Gasteiger charge is -2.17. The number of nitrogens with zero attached hydrogens (tertiary/aromatic N) is 5. The predicted octanol–water partition coefficient (Wildman–Crippen LogP) is 20.2. The average Bonchev–Trinajstić information content (AvgIpc) is 4.06. The Morgan fingerprint density at radius 1 is 0.488 bits per heavy atom. The molecule has 2 atom stereocenters. The quantitative estimate of drug-likeness (QED) is 0.128. The largest absolute Gasteiger partial charge is 0.361 e. The van der Waals surface area contributed by atoms with Crippen LogP contribution in [0.25, 0.3) is 49.1 Å². The number of benzene rings is 4. The van der Waals surface area contributed by atoms with Gasteiger partial charge in [-0.25, -0.2) is 4.52 Å². The second-order valence-corrected chi connectivity index (χ2v) is 24.4. The van der Waals surface area contributed by atoms with Crippen LogP contribution in [0, 0.1) is 25.7 Å². The van der Waals surface area contributed by atoms with E-state index in [4.69, 9.17) is 0 Å². The Balaban J connectivity index is 0.000000141. The molecule has 0 radical (unpaired) electrons. The van der Waals surface area contributed by atoms with E-state index in [0.29, 0.717) is 53.4 Å². The van der Waals surface area contributed by atoms with Crippen molar-refractivity contribution in [3.05, 3.63) is 234 Å². The molecule has 2 aliphatic rings. The smallest absolute Gasteiger partial charge is 0.0739 e. The normalized spacial score (nSPS) is 14.1. The molecule has 4 aromatic carbocycles. The summed E-state index contributed by atoms with van der Waals surface area (Å²) < 4.78 is 4.11.